The van der Waals surface area contributed by atoms with Crippen molar-refractivity contribution in [2.24, 2.45) is 0 Å². The summed E-state index contributed by atoms with van der Waals surface area (Å²) in [5.74, 6) is -0.143. The maximum absolute atomic E-state index is 12.5. The van der Waals surface area contributed by atoms with Gasteiger partial charge in [0.2, 0.25) is 11.8 Å². The van der Waals surface area contributed by atoms with Gasteiger partial charge in [0.1, 0.15) is 0 Å². The molecule has 2 amide bonds. The van der Waals surface area contributed by atoms with Crippen LogP contribution in [0.15, 0.2) is 48.5 Å². The molecular formula is C28H38ClN3O2. The first-order valence-electron chi connectivity index (χ1n) is 12.2. The molecule has 0 radical (unpaired) electrons. The van der Waals surface area contributed by atoms with Gasteiger partial charge in [0, 0.05) is 29.4 Å². The summed E-state index contributed by atoms with van der Waals surface area (Å²) in [6.07, 6.45) is 5.23. The number of hydrogen-bond acceptors (Lipinski definition) is 3. The minimum absolute atomic E-state index is 0.0460. The van der Waals surface area contributed by atoms with E-state index in [1.807, 2.05) is 56.3 Å². The third-order valence-corrected chi connectivity index (χ3v) is 7.42. The van der Waals surface area contributed by atoms with Crippen molar-refractivity contribution in [1.29, 1.82) is 0 Å². The lowest BCUT2D eigenvalue weighted by Gasteiger charge is -2.45. The van der Waals surface area contributed by atoms with Gasteiger partial charge in [-0.05, 0) is 83.3 Å². The fourth-order valence-electron chi connectivity index (χ4n) is 4.89. The number of carbonyl (C=O) groups is 2. The number of carbonyl (C=O) groups excluding carboxylic acids is 2. The Kier molecular flexibility index (Phi) is 9.15. The first-order valence-corrected chi connectivity index (χ1v) is 12.6. The van der Waals surface area contributed by atoms with Crippen molar-refractivity contribution in [2.45, 2.75) is 76.4 Å². The molecule has 5 nitrogen and oxygen atoms in total. The van der Waals surface area contributed by atoms with Crippen molar-refractivity contribution >= 4 is 23.4 Å². The van der Waals surface area contributed by atoms with Crippen LogP contribution in [0.2, 0.25) is 5.02 Å². The molecule has 2 N–H and O–H groups in total. The van der Waals surface area contributed by atoms with E-state index in [-0.39, 0.29) is 42.3 Å². The second kappa shape index (κ2) is 11.9. The highest BCUT2D eigenvalue weighted by atomic mass is 35.5. The predicted octanol–water partition coefficient (Wildman–Crippen LogP) is 5.21. The number of halogens is 1. The third kappa shape index (κ3) is 7.31. The van der Waals surface area contributed by atoms with Gasteiger partial charge in [-0.15, -0.1) is 0 Å². The molecule has 6 heteroatoms. The standard InChI is InChI=1S/C28H38ClN3O2/c1-20-8-10-23(11-9-20)21(2)30-26(33)12-13-27(34)31-25-14-16-28(17-15-25,32(3)4)19-22-6-5-7-24(29)18-22/h5-11,18,21,25H,12-17,19H2,1-4H3,(H,30,33)(H,31,34). The van der Waals surface area contributed by atoms with Gasteiger partial charge in [-0.3, -0.25) is 9.59 Å². The summed E-state index contributed by atoms with van der Waals surface area (Å²) >= 11 is 6.19. The van der Waals surface area contributed by atoms with Crippen LogP contribution in [0.5, 0.6) is 0 Å². The summed E-state index contributed by atoms with van der Waals surface area (Å²) in [4.78, 5) is 27.2. The molecule has 0 aliphatic heterocycles. The van der Waals surface area contributed by atoms with Gasteiger partial charge >= 0.3 is 0 Å². The van der Waals surface area contributed by atoms with Gasteiger partial charge in [0.05, 0.1) is 6.04 Å². The first-order chi connectivity index (χ1) is 16.2. The summed E-state index contributed by atoms with van der Waals surface area (Å²) in [5.41, 5.74) is 3.56. The molecule has 0 bridgehead atoms. The fourth-order valence-corrected chi connectivity index (χ4v) is 5.10. The molecule has 0 aromatic heterocycles. The number of amides is 2. The Bertz CT molecular complexity index is 966. The zero-order valence-corrected chi connectivity index (χ0v) is 21.6. The second-order valence-electron chi connectivity index (χ2n) is 9.97. The van der Waals surface area contributed by atoms with E-state index >= 15 is 0 Å². The molecule has 3 rings (SSSR count). The molecule has 1 unspecified atom stereocenters. The summed E-state index contributed by atoms with van der Waals surface area (Å²) in [7, 11) is 4.28. The van der Waals surface area contributed by atoms with Gasteiger partial charge in [-0.1, -0.05) is 53.6 Å². The number of nitrogens with zero attached hydrogens (tertiary/aromatic N) is 1. The van der Waals surface area contributed by atoms with Crippen LogP contribution in [0, 0.1) is 6.92 Å². The number of hydrogen-bond donors (Lipinski definition) is 2. The van der Waals surface area contributed by atoms with Crippen molar-refractivity contribution < 1.29 is 9.59 Å². The minimum Gasteiger partial charge on any atom is -0.353 e. The van der Waals surface area contributed by atoms with E-state index in [9.17, 15) is 9.59 Å². The highest BCUT2D eigenvalue weighted by Crippen LogP contribution is 2.36. The van der Waals surface area contributed by atoms with E-state index < -0.39 is 0 Å². The van der Waals surface area contributed by atoms with Gasteiger partial charge in [-0.2, -0.15) is 0 Å². The number of aryl methyl sites for hydroxylation is 1. The summed E-state index contributed by atoms with van der Waals surface area (Å²) in [5, 5.41) is 6.92. The van der Waals surface area contributed by atoms with Crippen molar-refractivity contribution in [2.75, 3.05) is 14.1 Å². The Morgan fingerprint density at radius 1 is 1.06 bits per heavy atom. The Balaban J connectivity index is 1.43. The SMILES string of the molecule is Cc1ccc(C(C)NC(=O)CCC(=O)NC2CCC(Cc3cccc(Cl)c3)(N(C)C)CC2)cc1. The zero-order valence-electron chi connectivity index (χ0n) is 20.9. The first kappa shape index (κ1) is 26.2. The number of rotatable bonds is 9. The molecule has 1 aliphatic carbocycles. The van der Waals surface area contributed by atoms with Crippen LogP contribution < -0.4 is 10.6 Å². The Labute approximate surface area is 209 Å². The third-order valence-electron chi connectivity index (χ3n) is 7.19. The van der Waals surface area contributed by atoms with E-state index in [0.29, 0.717) is 0 Å². The van der Waals surface area contributed by atoms with Crippen LogP contribution in [0.3, 0.4) is 0 Å². The topological polar surface area (TPSA) is 61.4 Å². The molecule has 2 aromatic carbocycles. The Morgan fingerprint density at radius 3 is 2.32 bits per heavy atom. The lowest BCUT2D eigenvalue weighted by molar-refractivity contribution is -0.127. The van der Waals surface area contributed by atoms with E-state index in [4.69, 9.17) is 11.6 Å². The molecule has 1 saturated carbocycles. The van der Waals surface area contributed by atoms with E-state index in [1.54, 1.807) is 0 Å². The van der Waals surface area contributed by atoms with Gasteiger partial charge in [0.15, 0.2) is 0 Å². The monoisotopic (exact) mass is 483 g/mol. The summed E-state index contributed by atoms with van der Waals surface area (Å²) in [6, 6.07) is 16.3. The van der Waals surface area contributed by atoms with Gasteiger partial charge in [0.25, 0.3) is 0 Å². The normalized spacial score (nSPS) is 21.2. The van der Waals surface area contributed by atoms with Crippen LogP contribution in [-0.4, -0.2) is 42.4 Å². The predicted molar refractivity (Wildman–Crippen MR) is 139 cm³/mol. The van der Waals surface area contributed by atoms with Gasteiger partial charge < -0.3 is 15.5 Å². The highest BCUT2D eigenvalue weighted by molar-refractivity contribution is 6.30. The van der Waals surface area contributed by atoms with Crippen LogP contribution in [0.1, 0.15) is 68.2 Å². The molecule has 0 heterocycles. The van der Waals surface area contributed by atoms with Crippen molar-refractivity contribution in [3.63, 3.8) is 0 Å². The lowest BCUT2D eigenvalue weighted by atomic mass is 9.75. The van der Waals surface area contributed by atoms with Crippen molar-refractivity contribution in [3.05, 3.63) is 70.2 Å². The number of likely N-dealkylation sites (N-methyl/N-ethyl adjacent to an activating group) is 1. The lowest BCUT2D eigenvalue weighted by Crippen LogP contribution is -2.52. The molecule has 1 aliphatic rings. The summed E-state index contributed by atoms with van der Waals surface area (Å²) < 4.78 is 0. The molecule has 34 heavy (non-hydrogen) atoms. The van der Waals surface area contributed by atoms with E-state index in [0.717, 1.165) is 42.7 Å². The maximum Gasteiger partial charge on any atom is 0.220 e. The van der Waals surface area contributed by atoms with Gasteiger partial charge in [-0.25, -0.2) is 0 Å². The van der Waals surface area contributed by atoms with E-state index in [1.165, 1.54) is 11.1 Å². The molecule has 184 valence electrons. The largest absolute Gasteiger partial charge is 0.353 e. The molecule has 0 saturated heterocycles. The second-order valence-corrected chi connectivity index (χ2v) is 10.4. The average Bonchev–Trinajstić information content (AvgIpc) is 2.79. The Morgan fingerprint density at radius 2 is 1.71 bits per heavy atom. The van der Waals surface area contributed by atoms with E-state index in [2.05, 4.69) is 35.7 Å². The van der Waals surface area contributed by atoms with Crippen molar-refractivity contribution in [3.8, 4) is 0 Å². The smallest absolute Gasteiger partial charge is 0.220 e. The zero-order chi connectivity index (χ0) is 24.7. The van der Waals surface area contributed by atoms with Crippen LogP contribution in [-0.2, 0) is 16.0 Å². The van der Waals surface area contributed by atoms with Crippen molar-refractivity contribution in [1.82, 2.24) is 15.5 Å². The molecular weight excluding hydrogens is 446 g/mol. The number of nitrogens with one attached hydrogen (secondary N) is 2. The number of benzene rings is 2. The minimum atomic E-state index is -0.0972. The molecule has 0 spiro atoms. The quantitative estimate of drug-likeness (QED) is 0.514. The fraction of sp³-hybridized carbons (Fsp3) is 0.500. The van der Waals surface area contributed by atoms with Crippen LogP contribution in [0.4, 0.5) is 0 Å². The average molecular weight is 484 g/mol. The summed E-state index contributed by atoms with van der Waals surface area (Å²) in [6.45, 7) is 4.00. The molecule has 1 fully saturated rings. The molecule has 2 aromatic rings. The van der Waals surface area contributed by atoms with Crippen LogP contribution >= 0.6 is 11.6 Å². The molecule has 1 atom stereocenters. The maximum atomic E-state index is 12.5. The Hall–Kier alpha value is -2.37. The highest BCUT2D eigenvalue weighted by Gasteiger charge is 2.37. The van der Waals surface area contributed by atoms with Crippen LogP contribution in [0.25, 0.3) is 0 Å².